The molecule has 0 fully saturated rings. The lowest BCUT2D eigenvalue weighted by Crippen LogP contribution is -2.02. The molecule has 4 nitrogen and oxygen atoms in total. The molecule has 0 atom stereocenters. The van der Waals surface area contributed by atoms with Crippen LogP contribution in [0.3, 0.4) is 0 Å². The van der Waals surface area contributed by atoms with E-state index in [4.69, 9.17) is 5.11 Å². The number of nitrogens with zero attached hydrogens (tertiary/aromatic N) is 2. The molecule has 0 aliphatic rings. The summed E-state index contributed by atoms with van der Waals surface area (Å²) in [7, 11) is 0. The average molecular weight is 202 g/mol. The number of aromatic carboxylic acids is 1. The first-order chi connectivity index (χ1) is 7.18. The summed E-state index contributed by atoms with van der Waals surface area (Å²) in [6.45, 7) is 1.92. The number of aromatic nitrogens is 2. The third-order valence-electron chi connectivity index (χ3n) is 2.17. The maximum absolute atomic E-state index is 10.8. The quantitative estimate of drug-likeness (QED) is 0.808. The van der Waals surface area contributed by atoms with E-state index in [-0.39, 0.29) is 5.56 Å². The molecule has 4 heteroatoms. The second-order valence-electron chi connectivity index (χ2n) is 3.24. The van der Waals surface area contributed by atoms with Crippen LogP contribution in [0.5, 0.6) is 0 Å². The lowest BCUT2D eigenvalue weighted by molar-refractivity contribution is 0.0697. The summed E-state index contributed by atoms with van der Waals surface area (Å²) in [6, 6.07) is 8.56. The fourth-order valence-corrected chi connectivity index (χ4v) is 1.41. The van der Waals surface area contributed by atoms with Crippen molar-refractivity contribution in [3.05, 3.63) is 47.8 Å². The number of carbonyl (C=O) groups is 1. The predicted molar refractivity (Wildman–Crippen MR) is 55.3 cm³/mol. The van der Waals surface area contributed by atoms with Crippen LogP contribution in [0.4, 0.5) is 0 Å². The van der Waals surface area contributed by atoms with E-state index in [1.165, 1.54) is 0 Å². The van der Waals surface area contributed by atoms with E-state index in [0.717, 1.165) is 11.4 Å². The fourth-order valence-electron chi connectivity index (χ4n) is 1.41. The molecule has 0 unspecified atom stereocenters. The largest absolute Gasteiger partial charge is 0.478 e. The monoisotopic (exact) mass is 202 g/mol. The van der Waals surface area contributed by atoms with Gasteiger partial charge in [-0.05, 0) is 31.2 Å². The molecule has 15 heavy (non-hydrogen) atoms. The van der Waals surface area contributed by atoms with Gasteiger partial charge in [0.2, 0.25) is 0 Å². The Morgan fingerprint density at radius 1 is 1.40 bits per heavy atom. The van der Waals surface area contributed by atoms with Crippen LogP contribution in [-0.2, 0) is 0 Å². The van der Waals surface area contributed by atoms with Crippen LogP contribution in [0.15, 0.2) is 36.5 Å². The molecule has 0 spiro atoms. The summed E-state index contributed by atoms with van der Waals surface area (Å²) in [6.07, 6.45) is 1.68. The highest BCUT2D eigenvalue weighted by atomic mass is 16.4. The number of carboxylic acid groups (broad SMARTS) is 1. The molecular formula is C11H10N2O2. The number of hydrogen-bond donors (Lipinski definition) is 1. The van der Waals surface area contributed by atoms with Crippen molar-refractivity contribution in [2.45, 2.75) is 6.92 Å². The van der Waals surface area contributed by atoms with Gasteiger partial charge in [0.15, 0.2) is 0 Å². The van der Waals surface area contributed by atoms with Crippen molar-refractivity contribution >= 4 is 5.97 Å². The van der Waals surface area contributed by atoms with Crippen LogP contribution in [-0.4, -0.2) is 20.9 Å². The minimum absolute atomic E-state index is 0.266. The summed E-state index contributed by atoms with van der Waals surface area (Å²) in [5, 5.41) is 13.0. The molecule has 76 valence electrons. The van der Waals surface area contributed by atoms with Gasteiger partial charge in [-0.3, -0.25) is 0 Å². The summed E-state index contributed by atoms with van der Waals surface area (Å²) < 4.78 is 1.70. The smallest absolute Gasteiger partial charge is 0.335 e. The third-order valence-corrected chi connectivity index (χ3v) is 2.17. The maximum atomic E-state index is 10.8. The van der Waals surface area contributed by atoms with Crippen LogP contribution in [0, 0.1) is 6.92 Å². The number of benzene rings is 1. The first-order valence-corrected chi connectivity index (χ1v) is 4.53. The second-order valence-corrected chi connectivity index (χ2v) is 3.24. The van der Waals surface area contributed by atoms with E-state index in [1.807, 2.05) is 19.1 Å². The summed E-state index contributed by atoms with van der Waals surface area (Å²) in [5.74, 6) is -0.929. The van der Waals surface area contributed by atoms with Gasteiger partial charge in [0.05, 0.1) is 11.3 Å². The van der Waals surface area contributed by atoms with Crippen molar-refractivity contribution in [3.63, 3.8) is 0 Å². The third kappa shape index (κ3) is 1.74. The molecule has 2 rings (SSSR count). The van der Waals surface area contributed by atoms with Crippen LogP contribution in [0.25, 0.3) is 5.69 Å². The topological polar surface area (TPSA) is 55.1 Å². The van der Waals surface area contributed by atoms with Crippen molar-refractivity contribution in [3.8, 4) is 5.69 Å². The molecule has 1 heterocycles. The molecule has 0 saturated heterocycles. The number of carboxylic acids is 1. The van der Waals surface area contributed by atoms with Crippen LogP contribution in [0.2, 0.25) is 0 Å². The van der Waals surface area contributed by atoms with Crippen LogP contribution < -0.4 is 0 Å². The van der Waals surface area contributed by atoms with Crippen LogP contribution in [0.1, 0.15) is 16.1 Å². The SMILES string of the molecule is Cc1ccnn1-c1cccc(C(=O)O)c1. The van der Waals surface area contributed by atoms with Gasteiger partial charge in [-0.2, -0.15) is 5.10 Å². The molecule has 1 aromatic heterocycles. The number of rotatable bonds is 2. The molecule has 0 bridgehead atoms. The zero-order chi connectivity index (χ0) is 10.8. The Balaban J connectivity index is 2.50. The summed E-state index contributed by atoms with van der Waals surface area (Å²) in [4.78, 5) is 10.8. The van der Waals surface area contributed by atoms with E-state index in [9.17, 15) is 4.79 Å². The minimum Gasteiger partial charge on any atom is -0.478 e. The molecule has 2 aromatic rings. The molecule has 1 N–H and O–H groups in total. The Kier molecular flexibility index (Phi) is 2.25. The van der Waals surface area contributed by atoms with E-state index >= 15 is 0 Å². The van der Waals surface area contributed by atoms with Gasteiger partial charge < -0.3 is 5.11 Å². The number of aryl methyl sites for hydroxylation is 1. The van der Waals surface area contributed by atoms with E-state index in [1.54, 1.807) is 29.1 Å². The molecule has 0 radical (unpaired) electrons. The Morgan fingerprint density at radius 3 is 2.80 bits per heavy atom. The van der Waals surface area contributed by atoms with Gasteiger partial charge in [0.1, 0.15) is 0 Å². The van der Waals surface area contributed by atoms with E-state index in [0.29, 0.717) is 0 Å². The van der Waals surface area contributed by atoms with Crippen LogP contribution >= 0.6 is 0 Å². The predicted octanol–water partition coefficient (Wildman–Crippen LogP) is 1.88. The molecule has 0 aliphatic carbocycles. The van der Waals surface area contributed by atoms with Crippen molar-refractivity contribution in [2.75, 3.05) is 0 Å². The van der Waals surface area contributed by atoms with Gasteiger partial charge in [0.25, 0.3) is 0 Å². The van der Waals surface area contributed by atoms with E-state index in [2.05, 4.69) is 5.10 Å². The van der Waals surface area contributed by atoms with Crippen molar-refractivity contribution in [1.29, 1.82) is 0 Å². The first kappa shape index (κ1) is 9.45. The zero-order valence-electron chi connectivity index (χ0n) is 8.21. The van der Waals surface area contributed by atoms with Crippen molar-refractivity contribution in [2.24, 2.45) is 0 Å². The Morgan fingerprint density at radius 2 is 2.20 bits per heavy atom. The first-order valence-electron chi connectivity index (χ1n) is 4.53. The highest BCUT2D eigenvalue weighted by Gasteiger charge is 2.05. The average Bonchev–Trinajstić information content (AvgIpc) is 2.64. The summed E-state index contributed by atoms with van der Waals surface area (Å²) in [5.41, 5.74) is 2.00. The standard InChI is InChI=1S/C11H10N2O2/c1-8-5-6-12-13(8)10-4-2-3-9(7-10)11(14)15/h2-7H,1H3,(H,14,15). The Labute approximate surface area is 86.8 Å². The van der Waals surface area contributed by atoms with E-state index < -0.39 is 5.97 Å². The van der Waals surface area contributed by atoms with Crippen molar-refractivity contribution < 1.29 is 9.90 Å². The van der Waals surface area contributed by atoms with Gasteiger partial charge in [0, 0.05) is 11.9 Å². The zero-order valence-corrected chi connectivity index (χ0v) is 8.21. The molecule has 0 saturated carbocycles. The molecular weight excluding hydrogens is 192 g/mol. The van der Waals surface area contributed by atoms with Gasteiger partial charge in [-0.1, -0.05) is 6.07 Å². The normalized spacial score (nSPS) is 10.2. The van der Waals surface area contributed by atoms with Crippen molar-refractivity contribution in [1.82, 2.24) is 9.78 Å². The molecule has 1 aromatic carbocycles. The highest BCUT2D eigenvalue weighted by Crippen LogP contribution is 2.11. The number of hydrogen-bond acceptors (Lipinski definition) is 2. The maximum Gasteiger partial charge on any atom is 0.335 e. The van der Waals surface area contributed by atoms with Gasteiger partial charge in [-0.15, -0.1) is 0 Å². The Hall–Kier alpha value is -2.10. The highest BCUT2D eigenvalue weighted by molar-refractivity contribution is 5.88. The molecule has 0 amide bonds. The second kappa shape index (κ2) is 3.57. The fraction of sp³-hybridized carbons (Fsp3) is 0.0909. The van der Waals surface area contributed by atoms with Gasteiger partial charge in [-0.25, -0.2) is 9.48 Å². The molecule has 0 aliphatic heterocycles. The minimum atomic E-state index is -0.929. The van der Waals surface area contributed by atoms with Gasteiger partial charge >= 0.3 is 5.97 Å². The Bertz CT molecular complexity index is 503. The lowest BCUT2D eigenvalue weighted by atomic mass is 10.2. The lowest BCUT2D eigenvalue weighted by Gasteiger charge is -2.04. The summed E-state index contributed by atoms with van der Waals surface area (Å²) >= 11 is 0.